The number of thiophene rings is 2. The molecule has 0 saturated heterocycles. The maximum Gasteiger partial charge on any atom is 0.0716 e. The molecule has 0 saturated carbocycles. The van der Waals surface area contributed by atoms with Gasteiger partial charge in [-0.3, -0.25) is 9.97 Å². The zero-order valence-corrected chi connectivity index (χ0v) is 27.6. The van der Waals surface area contributed by atoms with E-state index in [-0.39, 0.29) is 0 Å². The van der Waals surface area contributed by atoms with Gasteiger partial charge in [0.2, 0.25) is 0 Å². The molecule has 0 aliphatic heterocycles. The number of hydrogen-bond acceptors (Lipinski definition) is 4. The Kier molecular flexibility index (Phi) is 6.39. The fourth-order valence-corrected chi connectivity index (χ4v) is 9.83. The van der Waals surface area contributed by atoms with E-state index < -0.39 is 0 Å². The number of pyridine rings is 2. The molecule has 48 heavy (non-hydrogen) atoms. The summed E-state index contributed by atoms with van der Waals surface area (Å²) in [6, 6.07) is 43.9. The van der Waals surface area contributed by atoms with Crippen LogP contribution in [0.25, 0.3) is 91.9 Å². The number of aryl methyl sites for hydroxylation is 1. The van der Waals surface area contributed by atoms with E-state index in [4.69, 9.17) is 9.97 Å². The van der Waals surface area contributed by atoms with Crippen LogP contribution in [0, 0.1) is 0 Å². The normalized spacial score (nSPS) is 12.8. The van der Waals surface area contributed by atoms with E-state index in [9.17, 15) is 0 Å². The fourth-order valence-electron chi connectivity index (χ4n) is 7.30. The number of fused-ring (bicyclic) bond motifs is 7. The van der Waals surface area contributed by atoms with Crippen LogP contribution in [0.4, 0.5) is 0 Å². The van der Waals surface area contributed by atoms with E-state index in [0.29, 0.717) is 0 Å². The lowest BCUT2D eigenvalue weighted by molar-refractivity contribution is 1.01. The molecular weight excluding hydrogens is 621 g/mol. The summed E-state index contributed by atoms with van der Waals surface area (Å²) in [4.78, 5) is 11.4. The molecule has 0 radical (unpaired) electrons. The summed E-state index contributed by atoms with van der Waals surface area (Å²) in [5, 5.41) is 6.41. The predicted molar refractivity (Wildman–Crippen MR) is 207 cm³/mol. The molecule has 0 fully saturated rings. The molecule has 9 aromatic rings. The topological polar surface area (TPSA) is 25.8 Å². The standard InChI is InChI=1S/C44H28N2S2/c1-3-16-41-33(9-1)35-12-6-14-37(43(35)47-41)39-22-19-29(25-45-39)27-18-21-32-28(24-27)8-5-11-31(32)30-20-23-40(46-26-30)38-15-7-13-36-34-10-2-4-17-42(34)48-44(36)38/h1,3-9,11-26H,2,10H2. The first kappa shape index (κ1) is 27.7. The molecule has 1 aliphatic rings. The van der Waals surface area contributed by atoms with E-state index in [2.05, 4.69) is 133 Å². The van der Waals surface area contributed by atoms with Crippen molar-refractivity contribution in [2.45, 2.75) is 12.8 Å². The quantitative estimate of drug-likeness (QED) is 0.190. The first-order chi connectivity index (χ1) is 23.8. The molecule has 0 atom stereocenters. The zero-order chi connectivity index (χ0) is 31.6. The summed E-state index contributed by atoms with van der Waals surface area (Å²) in [6.07, 6.45) is 10.9. The maximum atomic E-state index is 5.00. The lowest BCUT2D eigenvalue weighted by Gasteiger charge is -2.11. The van der Waals surface area contributed by atoms with Gasteiger partial charge in [-0.1, -0.05) is 103 Å². The van der Waals surface area contributed by atoms with Crippen LogP contribution in [0.2, 0.25) is 0 Å². The van der Waals surface area contributed by atoms with Crippen molar-refractivity contribution in [2.75, 3.05) is 0 Å². The molecule has 0 N–H and O–H groups in total. The van der Waals surface area contributed by atoms with Crippen molar-refractivity contribution in [3.63, 3.8) is 0 Å². The third kappa shape index (κ3) is 4.45. The number of benzene rings is 5. The van der Waals surface area contributed by atoms with Gasteiger partial charge in [-0.25, -0.2) is 0 Å². The van der Waals surface area contributed by atoms with Crippen molar-refractivity contribution in [1.82, 2.24) is 9.97 Å². The van der Waals surface area contributed by atoms with Crippen LogP contribution in [0.3, 0.4) is 0 Å². The highest BCUT2D eigenvalue weighted by Crippen LogP contribution is 2.42. The van der Waals surface area contributed by atoms with Crippen molar-refractivity contribution >= 4 is 69.8 Å². The third-order valence-electron chi connectivity index (χ3n) is 9.69. The van der Waals surface area contributed by atoms with Gasteiger partial charge in [0, 0.05) is 64.4 Å². The molecule has 0 bridgehead atoms. The summed E-state index contributed by atoms with van der Waals surface area (Å²) >= 11 is 3.74. The number of allylic oxidation sites excluding steroid dienone is 1. The van der Waals surface area contributed by atoms with Gasteiger partial charge in [-0.2, -0.15) is 0 Å². The average molecular weight is 649 g/mol. The van der Waals surface area contributed by atoms with Crippen LogP contribution < -0.4 is 0 Å². The first-order valence-electron chi connectivity index (χ1n) is 16.4. The number of nitrogens with zero attached hydrogens (tertiary/aromatic N) is 2. The van der Waals surface area contributed by atoms with Gasteiger partial charge in [-0.05, 0) is 76.0 Å². The van der Waals surface area contributed by atoms with E-state index >= 15 is 0 Å². The number of aromatic nitrogens is 2. The second-order valence-corrected chi connectivity index (χ2v) is 14.6. The molecule has 2 nitrogen and oxygen atoms in total. The molecule has 4 heteroatoms. The summed E-state index contributed by atoms with van der Waals surface area (Å²) in [5.41, 5.74) is 10.5. The Morgan fingerprint density at radius 3 is 2.00 bits per heavy atom. The second kappa shape index (κ2) is 11.1. The van der Waals surface area contributed by atoms with Gasteiger partial charge in [0.1, 0.15) is 0 Å². The van der Waals surface area contributed by atoms with Crippen LogP contribution in [0.5, 0.6) is 0 Å². The Hall–Kier alpha value is -5.42. The minimum absolute atomic E-state index is 1.00. The molecule has 4 aromatic heterocycles. The Bertz CT molecular complexity index is 2710. The van der Waals surface area contributed by atoms with Crippen molar-refractivity contribution in [1.29, 1.82) is 0 Å². The van der Waals surface area contributed by atoms with Crippen molar-refractivity contribution in [3.8, 4) is 44.8 Å². The fraction of sp³-hybridized carbons (Fsp3) is 0.0455. The molecule has 5 aromatic carbocycles. The van der Waals surface area contributed by atoms with Crippen LogP contribution in [-0.4, -0.2) is 9.97 Å². The molecule has 0 amide bonds. The number of rotatable bonds is 4. The van der Waals surface area contributed by atoms with E-state index in [1.807, 2.05) is 35.1 Å². The summed E-state index contributed by atoms with van der Waals surface area (Å²) in [7, 11) is 0. The third-order valence-corrected chi connectivity index (χ3v) is 12.2. The van der Waals surface area contributed by atoms with Gasteiger partial charge in [0.05, 0.1) is 11.4 Å². The van der Waals surface area contributed by atoms with E-state index in [1.165, 1.54) is 68.2 Å². The van der Waals surface area contributed by atoms with Crippen molar-refractivity contribution in [2.24, 2.45) is 0 Å². The zero-order valence-electron chi connectivity index (χ0n) is 26.0. The lowest BCUT2D eigenvalue weighted by atomic mass is 9.95. The largest absolute Gasteiger partial charge is 0.256 e. The monoisotopic (exact) mass is 648 g/mol. The smallest absolute Gasteiger partial charge is 0.0716 e. The summed E-state index contributed by atoms with van der Waals surface area (Å²) < 4.78 is 3.94. The van der Waals surface area contributed by atoms with Crippen LogP contribution in [0.1, 0.15) is 16.9 Å². The average Bonchev–Trinajstić information content (AvgIpc) is 3.73. The van der Waals surface area contributed by atoms with E-state index in [0.717, 1.165) is 40.9 Å². The molecule has 226 valence electrons. The molecule has 0 spiro atoms. The SMILES string of the molecule is C1=Cc2sc3c(-c4ccc(-c5cccc6cc(-c7ccc(-c8cccc9c8sc8ccccc89)nc7)ccc56)cn4)cccc3c2CC1. The Morgan fingerprint density at radius 2 is 1.19 bits per heavy atom. The van der Waals surface area contributed by atoms with Crippen molar-refractivity contribution < 1.29 is 0 Å². The highest BCUT2D eigenvalue weighted by atomic mass is 32.1. The van der Waals surface area contributed by atoms with Gasteiger partial charge in [0.25, 0.3) is 0 Å². The van der Waals surface area contributed by atoms with Crippen molar-refractivity contribution in [3.05, 3.63) is 150 Å². The second-order valence-electron chi connectivity index (χ2n) is 12.5. The van der Waals surface area contributed by atoms with Crippen LogP contribution in [-0.2, 0) is 6.42 Å². The highest BCUT2D eigenvalue weighted by molar-refractivity contribution is 7.26. The van der Waals surface area contributed by atoms with Gasteiger partial charge < -0.3 is 0 Å². The minimum atomic E-state index is 1.00. The summed E-state index contributed by atoms with van der Waals surface area (Å²) in [5.74, 6) is 0. The first-order valence-corrected chi connectivity index (χ1v) is 18.0. The number of hydrogen-bond donors (Lipinski definition) is 0. The Balaban J connectivity index is 0.966. The maximum absolute atomic E-state index is 5.00. The molecule has 10 rings (SSSR count). The predicted octanol–water partition coefficient (Wildman–Crippen LogP) is 12.8. The Labute approximate surface area is 286 Å². The van der Waals surface area contributed by atoms with E-state index in [1.54, 1.807) is 0 Å². The van der Waals surface area contributed by atoms with Gasteiger partial charge in [-0.15, -0.1) is 22.7 Å². The summed E-state index contributed by atoms with van der Waals surface area (Å²) in [6.45, 7) is 0. The van der Waals surface area contributed by atoms with Crippen LogP contribution in [0.15, 0.2) is 140 Å². The molecular formula is C44H28N2S2. The molecule has 1 aliphatic carbocycles. The lowest BCUT2D eigenvalue weighted by Crippen LogP contribution is -1.89. The van der Waals surface area contributed by atoms with Crippen LogP contribution >= 0.6 is 22.7 Å². The highest BCUT2D eigenvalue weighted by Gasteiger charge is 2.17. The molecule has 4 heterocycles. The minimum Gasteiger partial charge on any atom is -0.256 e. The van der Waals surface area contributed by atoms with Gasteiger partial charge in [0.15, 0.2) is 0 Å². The Morgan fingerprint density at radius 1 is 0.500 bits per heavy atom. The van der Waals surface area contributed by atoms with Gasteiger partial charge >= 0.3 is 0 Å². The molecule has 0 unspecified atom stereocenters.